The predicted octanol–water partition coefficient (Wildman–Crippen LogP) is 3.46. The van der Waals surface area contributed by atoms with E-state index in [1.807, 2.05) is 0 Å². The van der Waals surface area contributed by atoms with E-state index in [2.05, 4.69) is 34.1 Å². The van der Waals surface area contributed by atoms with Gasteiger partial charge in [0.1, 0.15) is 5.78 Å². The van der Waals surface area contributed by atoms with E-state index in [1.165, 1.54) is 35.0 Å². The first-order valence-corrected chi connectivity index (χ1v) is 8.69. The number of hydrogen-bond donors (Lipinski definition) is 1. The molecule has 22 heavy (non-hydrogen) atoms. The van der Waals surface area contributed by atoms with Gasteiger partial charge in [-0.05, 0) is 49.8 Å². The van der Waals surface area contributed by atoms with Gasteiger partial charge in [0.15, 0.2) is 0 Å². The van der Waals surface area contributed by atoms with Gasteiger partial charge >= 0.3 is 0 Å². The molecule has 5 rings (SSSR count). The Morgan fingerprint density at radius 3 is 2.95 bits per heavy atom. The first-order chi connectivity index (χ1) is 10.8. The molecule has 0 radical (unpaired) electrons. The number of benzene rings is 1. The van der Waals surface area contributed by atoms with Crippen LogP contribution in [-0.2, 0) is 11.2 Å². The van der Waals surface area contributed by atoms with Crippen LogP contribution >= 0.6 is 0 Å². The van der Waals surface area contributed by atoms with Gasteiger partial charge in [-0.2, -0.15) is 0 Å². The molecule has 1 saturated heterocycles. The molecular weight excluding hydrogens is 272 g/mol. The summed E-state index contributed by atoms with van der Waals surface area (Å²) in [5.41, 5.74) is 4.05. The first kappa shape index (κ1) is 12.9. The van der Waals surface area contributed by atoms with E-state index in [1.54, 1.807) is 0 Å². The Morgan fingerprint density at radius 2 is 2.00 bits per heavy atom. The number of fused-ring (bicyclic) bond motifs is 7. The number of aromatic nitrogens is 1. The van der Waals surface area contributed by atoms with Crippen LogP contribution in [0.25, 0.3) is 10.9 Å². The molecule has 2 aromatic rings. The Kier molecular flexibility index (Phi) is 2.75. The van der Waals surface area contributed by atoms with E-state index < -0.39 is 0 Å². The molecule has 1 saturated carbocycles. The lowest BCUT2D eigenvalue weighted by Crippen LogP contribution is -2.50. The largest absolute Gasteiger partial charge is 0.357 e. The van der Waals surface area contributed by atoms with Crippen LogP contribution in [0.4, 0.5) is 0 Å². The van der Waals surface area contributed by atoms with E-state index in [-0.39, 0.29) is 5.92 Å². The standard InChI is InChI=1S/C19H22N2O/c22-16-7-3-4-12-8-10-21-11-9-14-13-5-1-2-6-15(13)20-18(14)19(21)17(12)16/h1-2,5-6,12,17,19-20H,3-4,7-11H2/t12-,17-,19+/m0/s1. The number of H-pyrrole nitrogens is 1. The molecule has 114 valence electrons. The molecule has 0 unspecified atom stereocenters. The van der Waals surface area contributed by atoms with Crippen LogP contribution in [-0.4, -0.2) is 28.8 Å². The van der Waals surface area contributed by atoms with Crippen molar-refractivity contribution in [2.24, 2.45) is 11.8 Å². The van der Waals surface area contributed by atoms with Crippen LogP contribution in [0.3, 0.4) is 0 Å². The van der Waals surface area contributed by atoms with Crippen molar-refractivity contribution in [1.82, 2.24) is 9.88 Å². The van der Waals surface area contributed by atoms with Crippen molar-refractivity contribution in [3.05, 3.63) is 35.5 Å². The van der Waals surface area contributed by atoms with Gasteiger partial charge in [-0.25, -0.2) is 0 Å². The average molecular weight is 294 g/mol. The molecule has 1 aromatic carbocycles. The van der Waals surface area contributed by atoms with E-state index in [9.17, 15) is 4.79 Å². The zero-order valence-corrected chi connectivity index (χ0v) is 12.8. The summed E-state index contributed by atoms with van der Waals surface area (Å²) in [6, 6.07) is 8.92. The maximum absolute atomic E-state index is 12.7. The van der Waals surface area contributed by atoms with Crippen molar-refractivity contribution < 1.29 is 4.79 Å². The zero-order chi connectivity index (χ0) is 14.7. The maximum atomic E-state index is 12.7. The van der Waals surface area contributed by atoms with Crippen molar-refractivity contribution in [1.29, 1.82) is 0 Å². The number of Topliss-reactive ketones (excluding diaryl/α,β-unsaturated/α-hetero) is 1. The molecule has 0 spiro atoms. The monoisotopic (exact) mass is 294 g/mol. The summed E-state index contributed by atoms with van der Waals surface area (Å²) < 4.78 is 0. The van der Waals surface area contributed by atoms with Gasteiger partial charge in [0.25, 0.3) is 0 Å². The number of nitrogens with one attached hydrogen (secondary N) is 1. The van der Waals surface area contributed by atoms with Gasteiger partial charge in [-0.15, -0.1) is 0 Å². The molecule has 1 N–H and O–H groups in total. The number of aromatic amines is 1. The van der Waals surface area contributed by atoms with Crippen LogP contribution < -0.4 is 0 Å². The van der Waals surface area contributed by atoms with Crippen molar-refractivity contribution >= 4 is 16.7 Å². The number of carbonyl (C=O) groups excluding carboxylic acids is 1. The third kappa shape index (κ3) is 1.69. The lowest BCUT2D eigenvalue weighted by Gasteiger charge is -2.48. The highest BCUT2D eigenvalue weighted by Gasteiger charge is 2.46. The smallest absolute Gasteiger partial charge is 0.138 e. The number of hydrogen-bond acceptors (Lipinski definition) is 2. The summed E-state index contributed by atoms with van der Waals surface area (Å²) in [4.78, 5) is 18.9. The summed E-state index contributed by atoms with van der Waals surface area (Å²) in [6.45, 7) is 2.27. The molecule has 2 fully saturated rings. The minimum absolute atomic E-state index is 0.231. The van der Waals surface area contributed by atoms with Crippen LogP contribution in [0.5, 0.6) is 0 Å². The highest BCUT2D eigenvalue weighted by Crippen LogP contribution is 2.48. The lowest BCUT2D eigenvalue weighted by atomic mass is 9.68. The maximum Gasteiger partial charge on any atom is 0.138 e. The van der Waals surface area contributed by atoms with Gasteiger partial charge in [0, 0.05) is 35.5 Å². The van der Waals surface area contributed by atoms with Crippen molar-refractivity contribution in [3.8, 4) is 0 Å². The Morgan fingerprint density at radius 1 is 1.09 bits per heavy atom. The average Bonchev–Trinajstić information content (AvgIpc) is 2.93. The summed E-state index contributed by atoms with van der Waals surface area (Å²) >= 11 is 0. The summed E-state index contributed by atoms with van der Waals surface area (Å²) in [6.07, 6.45) is 5.47. The van der Waals surface area contributed by atoms with Crippen molar-refractivity contribution in [2.45, 2.75) is 38.1 Å². The number of carbonyl (C=O) groups is 1. The second kappa shape index (κ2) is 4.69. The zero-order valence-electron chi connectivity index (χ0n) is 12.8. The van der Waals surface area contributed by atoms with Crippen molar-refractivity contribution in [2.75, 3.05) is 13.1 Å². The molecular formula is C19H22N2O. The van der Waals surface area contributed by atoms with Gasteiger partial charge in [0.2, 0.25) is 0 Å². The van der Waals surface area contributed by atoms with Crippen molar-refractivity contribution in [3.63, 3.8) is 0 Å². The van der Waals surface area contributed by atoms with Crippen LogP contribution in [0, 0.1) is 11.8 Å². The third-order valence-corrected chi connectivity index (χ3v) is 6.19. The van der Waals surface area contributed by atoms with Crippen LogP contribution in [0.2, 0.25) is 0 Å². The Labute approximate surface area is 130 Å². The number of para-hydroxylation sites is 1. The second-order valence-electron chi connectivity index (χ2n) is 7.23. The fraction of sp³-hybridized carbons (Fsp3) is 0.526. The Hall–Kier alpha value is -1.61. The highest BCUT2D eigenvalue weighted by atomic mass is 16.1. The van der Waals surface area contributed by atoms with Crippen LogP contribution in [0.1, 0.15) is 43.0 Å². The van der Waals surface area contributed by atoms with E-state index >= 15 is 0 Å². The normalized spacial score (nSPS) is 31.6. The topological polar surface area (TPSA) is 36.1 Å². The molecule has 2 aliphatic heterocycles. The Balaban J connectivity index is 1.67. The van der Waals surface area contributed by atoms with E-state index in [4.69, 9.17) is 0 Å². The fourth-order valence-corrected chi connectivity index (χ4v) is 5.21. The van der Waals surface area contributed by atoms with Gasteiger partial charge < -0.3 is 4.98 Å². The quantitative estimate of drug-likeness (QED) is 0.808. The Bertz CT molecular complexity index is 747. The van der Waals surface area contributed by atoms with Gasteiger partial charge in [0.05, 0.1) is 6.04 Å². The number of rotatable bonds is 0. The molecule has 1 aliphatic carbocycles. The molecule has 3 aliphatic rings. The predicted molar refractivity (Wildman–Crippen MR) is 86.8 cm³/mol. The van der Waals surface area contributed by atoms with Crippen LogP contribution in [0.15, 0.2) is 24.3 Å². The highest BCUT2D eigenvalue weighted by molar-refractivity contribution is 5.87. The molecule has 3 nitrogen and oxygen atoms in total. The fourth-order valence-electron chi connectivity index (χ4n) is 5.21. The molecule has 3 heteroatoms. The number of nitrogens with zero attached hydrogens (tertiary/aromatic N) is 1. The third-order valence-electron chi connectivity index (χ3n) is 6.19. The molecule has 3 heterocycles. The number of piperidine rings is 1. The summed E-state index contributed by atoms with van der Waals surface area (Å²) in [5.74, 6) is 1.35. The first-order valence-electron chi connectivity index (χ1n) is 8.69. The molecule has 0 amide bonds. The van der Waals surface area contributed by atoms with Gasteiger partial charge in [-0.1, -0.05) is 18.2 Å². The molecule has 3 atom stereocenters. The minimum Gasteiger partial charge on any atom is -0.357 e. The van der Waals surface area contributed by atoms with E-state index in [0.29, 0.717) is 17.7 Å². The SMILES string of the molecule is O=C1CCC[C@H]2CCN3CCc4c([nH]c5ccccc45)[C@H]3[C@H]12. The van der Waals surface area contributed by atoms with E-state index in [0.717, 1.165) is 32.4 Å². The summed E-state index contributed by atoms with van der Waals surface area (Å²) in [7, 11) is 0. The lowest BCUT2D eigenvalue weighted by molar-refractivity contribution is -0.133. The summed E-state index contributed by atoms with van der Waals surface area (Å²) in [5, 5.41) is 1.36. The number of ketones is 1. The molecule has 1 aromatic heterocycles. The second-order valence-corrected chi connectivity index (χ2v) is 7.23. The van der Waals surface area contributed by atoms with Gasteiger partial charge in [-0.3, -0.25) is 9.69 Å². The molecule has 0 bridgehead atoms. The minimum atomic E-state index is 0.231.